The maximum absolute atomic E-state index is 12.1. The van der Waals surface area contributed by atoms with Crippen LogP contribution in [0.5, 0.6) is 5.75 Å². The third kappa shape index (κ3) is 3.37. The number of benzene rings is 2. The van der Waals surface area contributed by atoms with Crippen molar-refractivity contribution >= 4 is 32.7 Å². The normalized spacial score (nSPS) is 14.3. The Balaban J connectivity index is 1.34. The molecule has 0 spiro atoms. The van der Waals surface area contributed by atoms with Gasteiger partial charge in [-0.15, -0.1) is 0 Å². The first kappa shape index (κ1) is 16.8. The minimum atomic E-state index is -0.175. The molecule has 2 aromatic carbocycles. The van der Waals surface area contributed by atoms with E-state index in [1.54, 1.807) is 18.4 Å². The van der Waals surface area contributed by atoms with E-state index < -0.39 is 0 Å². The van der Waals surface area contributed by atoms with Crippen LogP contribution in [0.1, 0.15) is 11.1 Å². The molecule has 0 amide bonds. The summed E-state index contributed by atoms with van der Waals surface area (Å²) in [6.45, 7) is 3.38. The standard InChI is InChI=1S/C20H20N2O3S/c1-13-5-3-6-14(9-13)10-18(23)25-15-11-22(12-15)20-21-19-16(24-2)7-4-8-17(19)26-20/h3-9,15H,10-12H2,1-2H3. The van der Waals surface area contributed by atoms with Crippen LogP contribution in [0, 0.1) is 6.92 Å². The number of carbonyl (C=O) groups is 1. The van der Waals surface area contributed by atoms with Crippen LogP contribution in [0.3, 0.4) is 0 Å². The predicted molar refractivity (Wildman–Crippen MR) is 103 cm³/mol. The fourth-order valence-corrected chi connectivity index (χ4v) is 4.10. The van der Waals surface area contributed by atoms with Gasteiger partial charge in [-0.05, 0) is 24.6 Å². The van der Waals surface area contributed by atoms with E-state index in [1.165, 1.54) is 0 Å². The smallest absolute Gasteiger partial charge is 0.310 e. The lowest BCUT2D eigenvalue weighted by atomic mass is 10.1. The molecule has 6 heteroatoms. The van der Waals surface area contributed by atoms with Crippen LogP contribution < -0.4 is 9.64 Å². The number of para-hydroxylation sites is 1. The second-order valence-corrected chi connectivity index (χ2v) is 7.50. The van der Waals surface area contributed by atoms with Crippen molar-refractivity contribution in [3.8, 4) is 5.75 Å². The van der Waals surface area contributed by atoms with Crippen molar-refractivity contribution in [1.29, 1.82) is 0 Å². The predicted octanol–water partition coefficient (Wildman–Crippen LogP) is 3.59. The summed E-state index contributed by atoms with van der Waals surface area (Å²) in [5.74, 6) is 0.609. The highest BCUT2D eigenvalue weighted by Gasteiger charge is 2.32. The van der Waals surface area contributed by atoms with Gasteiger partial charge in [0.05, 0.1) is 31.3 Å². The number of carbonyl (C=O) groups excluding carboxylic acids is 1. The van der Waals surface area contributed by atoms with E-state index >= 15 is 0 Å². The average Bonchev–Trinajstić information content (AvgIpc) is 3.01. The molecule has 0 N–H and O–H groups in total. The molecule has 0 aliphatic carbocycles. The van der Waals surface area contributed by atoms with Crippen molar-refractivity contribution in [2.75, 3.05) is 25.1 Å². The Hall–Kier alpha value is -2.60. The van der Waals surface area contributed by atoms with Gasteiger partial charge in [0.2, 0.25) is 0 Å². The molecule has 2 heterocycles. The lowest BCUT2D eigenvalue weighted by molar-refractivity contribution is -0.149. The summed E-state index contributed by atoms with van der Waals surface area (Å²) in [5.41, 5.74) is 3.02. The molecule has 134 valence electrons. The van der Waals surface area contributed by atoms with Gasteiger partial charge in [0.1, 0.15) is 17.4 Å². The molecule has 0 bridgehead atoms. The van der Waals surface area contributed by atoms with Crippen molar-refractivity contribution in [3.05, 3.63) is 53.6 Å². The number of rotatable bonds is 5. The summed E-state index contributed by atoms with van der Waals surface area (Å²) in [4.78, 5) is 18.9. The number of aromatic nitrogens is 1. The molecule has 0 saturated carbocycles. The summed E-state index contributed by atoms with van der Waals surface area (Å²) >= 11 is 1.63. The SMILES string of the molecule is COc1cccc2sc(N3CC(OC(=O)Cc4cccc(C)c4)C3)nc12. The number of hydrogen-bond acceptors (Lipinski definition) is 6. The zero-order valence-electron chi connectivity index (χ0n) is 14.8. The molecular weight excluding hydrogens is 348 g/mol. The second-order valence-electron chi connectivity index (χ2n) is 6.49. The second kappa shape index (κ2) is 6.96. The number of esters is 1. The van der Waals surface area contributed by atoms with E-state index in [9.17, 15) is 4.79 Å². The van der Waals surface area contributed by atoms with Gasteiger partial charge in [-0.25, -0.2) is 4.98 Å². The summed E-state index contributed by atoms with van der Waals surface area (Å²) in [6.07, 6.45) is 0.248. The maximum Gasteiger partial charge on any atom is 0.310 e. The molecule has 0 atom stereocenters. The third-order valence-corrected chi connectivity index (χ3v) is 5.52. The molecule has 5 nitrogen and oxygen atoms in total. The van der Waals surface area contributed by atoms with E-state index in [2.05, 4.69) is 9.88 Å². The van der Waals surface area contributed by atoms with Gasteiger partial charge in [-0.1, -0.05) is 47.2 Å². The number of nitrogens with zero attached hydrogens (tertiary/aromatic N) is 2. The van der Waals surface area contributed by atoms with E-state index in [4.69, 9.17) is 9.47 Å². The largest absolute Gasteiger partial charge is 0.494 e. The monoisotopic (exact) mass is 368 g/mol. The number of thiazole rings is 1. The number of methoxy groups -OCH3 is 1. The number of anilines is 1. The van der Waals surface area contributed by atoms with E-state index in [1.807, 2.05) is 49.4 Å². The Morgan fingerprint density at radius 1 is 1.27 bits per heavy atom. The summed E-state index contributed by atoms with van der Waals surface area (Å²) in [5, 5.41) is 0.940. The fourth-order valence-electron chi connectivity index (χ4n) is 3.10. The Kier molecular flexibility index (Phi) is 4.51. The molecule has 4 rings (SSSR count). The third-order valence-electron chi connectivity index (χ3n) is 4.44. The fraction of sp³-hybridized carbons (Fsp3) is 0.300. The first-order valence-electron chi connectivity index (χ1n) is 8.56. The topological polar surface area (TPSA) is 51.7 Å². The zero-order valence-corrected chi connectivity index (χ0v) is 15.6. The molecule has 26 heavy (non-hydrogen) atoms. The molecule has 0 radical (unpaired) electrons. The molecule has 1 aliphatic rings. The first-order chi connectivity index (χ1) is 12.6. The number of ether oxygens (including phenoxy) is 2. The van der Waals surface area contributed by atoms with E-state index in [0.29, 0.717) is 19.5 Å². The highest BCUT2D eigenvalue weighted by Crippen LogP contribution is 2.35. The quantitative estimate of drug-likeness (QED) is 0.644. The van der Waals surface area contributed by atoms with Crippen LogP contribution in [0.2, 0.25) is 0 Å². The van der Waals surface area contributed by atoms with Crippen LogP contribution >= 0.6 is 11.3 Å². The van der Waals surface area contributed by atoms with Crippen LogP contribution in [0.15, 0.2) is 42.5 Å². The van der Waals surface area contributed by atoms with Crippen molar-refractivity contribution < 1.29 is 14.3 Å². The van der Waals surface area contributed by atoms with Crippen molar-refractivity contribution in [2.45, 2.75) is 19.4 Å². The minimum absolute atomic E-state index is 0.0683. The summed E-state index contributed by atoms with van der Waals surface area (Å²) < 4.78 is 12.0. The molecule has 1 aliphatic heterocycles. The van der Waals surface area contributed by atoms with Gasteiger partial charge < -0.3 is 14.4 Å². The Morgan fingerprint density at radius 2 is 2.08 bits per heavy atom. The first-order valence-corrected chi connectivity index (χ1v) is 9.37. The van der Waals surface area contributed by atoms with Crippen molar-refractivity contribution in [3.63, 3.8) is 0 Å². The minimum Gasteiger partial charge on any atom is -0.494 e. The van der Waals surface area contributed by atoms with Gasteiger partial charge >= 0.3 is 5.97 Å². The highest BCUT2D eigenvalue weighted by atomic mass is 32.1. The van der Waals surface area contributed by atoms with Gasteiger partial charge in [0.25, 0.3) is 0 Å². The molecular formula is C20H20N2O3S. The Labute approximate surface area is 156 Å². The number of aryl methyl sites for hydroxylation is 1. The van der Waals surface area contributed by atoms with E-state index in [-0.39, 0.29) is 12.1 Å². The number of fused-ring (bicyclic) bond motifs is 1. The van der Waals surface area contributed by atoms with Gasteiger partial charge in [0, 0.05) is 0 Å². The molecule has 1 saturated heterocycles. The van der Waals surface area contributed by atoms with Crippen LogP contribution in [0.4, 0.5) is 5.13 Å². The Morgan fingerprint density at radius 3 is 2.85 bits per heavy atom. The molecule has 1 fully saturated rings. The average molecular weight is 368 g/mol. The van der Waals surface area contributed by atoms with Gasteiger partial charge in [-0.3, -0.25) is 4.79 Å². The van der Waals surface area contributed by atoms with Gasteiger partial charge in [0.15, 0.2) is 5.13 Å². The molecule has 3 aromatic rings. The summed E-state index contributed by atoms with van der Waals surface area (Å²) in [7, 11) is 1.65. The van der Waals surface area contributed by atoms with Crippen LogP contribution in [0.25, 0.3) is 10.2 Å². The molecule has 0 unspecified atom stereocenters. The zero-order chi connectivity index (χ0) is 18.1. The van der Waals surface area contributed by atoms with Gasteiger partial charge in [-0.2, -0.15) is 0 Å². The van der Waals surface area contributed by atoms with E-state index in [0.717, 1.165) is 32.2 Å². The number of hydrogen-bond donors (Lipinski definition) is 0. The Bertz CT molecular complexity index is 947. The highest BCUT2D eigenvalue weighted by molar-refractivity contribution is 7.22. The van der Waals surface area contributed by atoms with Crippen LogP contribution in [-0.2, 0) is 16.0 Å². The lowest BCUT2D eigenvalue weighted by Gasteiger charge is -2.38. The van der Waals surface area contributed by atoms with Crippen LogP contribution in [-0.4, -0.2) is 37.3 Å². The lowest BCUT2D eigenvalue weighted by Crippen LogP contribution is -2.53. The summed E-state index contributed by atoms with van der Waals surface area (Å²) in [6, 6.07) is 13.9. The molecule has 1 aromatic heterocycles. The van der Waals surface area contributed by atoms with Crippen molar-refractivity contribution in [1.82, 2.24) is 4.98 Å². The maximum atomic E-state index is 12.1. The van der Waals surface area contributed by atoms with Crippen molar-refractivity contribution in [2.24, 2.45) is 0 Å².